The molecule has 0 saturated carbocycles. The molecule has 0 radical (unpaired) electrons. The van der Waals surface area contributed by atoms with Gasteiger partial charge in [0, 0.05) is 31.5 Å². The highest BCUT2D eigenvalue weighted by molar-refractivity contribution is 5.94. The van der Waals surface area contributed by atoms with Crippen LogP contribution in [0.1, 0.15) is 40.9 Å². The smallest absolute Gasteiger partial charge is 0.256 e. The molecule has 3 aromatic rings. The standard InChI is InChI=1S/C25H29N3O2/c29-25(22-10-4-14-26-19-22)28(20-24-11-6-18-30-24)23-12-16-27(17-13-23)15-5-9-21-7-2-1-3-8-21/h1-4,6-8,10-11,14,18-19,23H,5,9,12-13,15-17,20H2. The second-order valence-electron chi connectivity index (χ2n) is 7.92. The van der Waals surface area contributed by atoms with Gasteiger partial charge in [0.25, 0.3) is 5.91 Å². The van der Waals surface area contributed by atoms with Gasteiger partial charge in [-0.1, -0.05) is 30.3 Å². The van der Waals surface area contributed by atoms with Crippen LogP contribution in [0.15, 0.2) is 77.7 Å². The van der Waals surface area contributed by atoms with Crippen LogP contribution >= 0.6 is 0 Å². The predicted octanol–water partition coefficient (Wildman–Crippen LogP) is 4.41. The van der Waals surface area contributed by atoms with E-state index in [1.165, 1.54) is 12.0 Å². The maximum atomic E-state index is 13.2. The van der Waals surface area contributed by atoms with Crippen molar-refractivity contribution in [3.8, 4) is 0 Å². The Balaban J connectivity index is 1.34. The molecule has 0 N–H and O–H groups in total. The summed E-state index contributed by atoms with van der Waals surface area (Å²) in [5.41, 5.74) is 2.04. The van der Waals surface area contributed by atoms with Crippen molar-refractivity contribution in [3.05, 3.63) is 90.1 Å². The number of benzene rings is 1. The maximum absolute atomic E-state index is 13.2. The van der Waals surface area contributed by atoms with E-state index in [1.54, 1.807) is 18.7 Å². The molecule has 156 valence electrons. The minimum atomic E-state index is 0.0297. The number of carbonyl (C=O) groups is 1. The molecule has 2 aromatic heterocycles. The van der Waals surface area contributed by atoms with Crippen LogP contribution in [-0.4, -0.2) is 46.4 Å². The van der Waals surface area contributed by atoms with E-state index in [0.29, 0.717) is 12.1 Å². The normalized spacial score (nSPS) is 15.2. The molecule has 1 fully saturated rings. The first-order valence-electron chi connectivity index (χ1n) is 10.8. The number of nitrogens with zero attached hydrogens (tertiary/aromatic N) is 3. The summed E-state index contributed by atoms with van der Waals surface area (Å²) in [6, 6.07) is 18.3. The van der Waals surface area contributed by atoms with Gasteiger partial charge in [-0.25, -0.2) is 0 Å². The Kier molecular flexibility index (Phi) is 6.93. The van der Waals surface area contributed by atoms with E-state index in [0.717, 1.165) is 44.7 Å². The number of carbonyl (C=O) groups excluding carboxylic acids is 1. The van der Waals surface area contributed by atoms with Crippen molar-refractivity contribution in [1.82, 2.24) is 14.8 Å². The molecule has 1 amide bonds. The summed E-state index contributed by atoms with van der Waals surface area (Å²) in [4.78, 5) is 21.8. The van der Waals surface area contributed by atoms with Gasteiger partial charge in [0.15, 0.2) is 0 Å². The summed E-state index contributed by atoms with van der Waals surface area (Å²) in [7, 11) is 0. The Bertz CT molecular complexity index is 889. The number of piperidine rings is 1. The van der Waals surface area contributed by atoms with Gasteiger partial charge in [0.2, 0.25) is 0 Å². The number of rotatable bonds is 8. The largest absolute Gasteiger partial charge is 0.467 e. The number of aromatic nitrogens is 1. The average molecular weight is 404 g/mol. The van der Waals surface area contributed by atoms with Crippen molar-refractivity contribution in [2.75, 3.05) is 19.6 Å². The molecule has 5 nitrogen and oxygen atoms in total. The highest BCUT2D eigenvalue weighted by Gasteiger charge is 2.29. The van der Waals surface area contributed by atoms with Gasteiger partial charge >= 0.3 is 0 Å². The fourth-order valence-corrected chi connectivity index (χ4v) is 4.20. The van der Waals surface area contributed by atoms with Gasteiger partial charge in [0.05, 0.1) is 18.4 Å². The second kappa shape index (κ2) is 10.2. The quantitative estimate of drug-likeness (QED) is 0.559. The summed E-state index contributed by atoms with van der Waals surface area (Å²) in [6.07, 6.45) is 9.26. The SMILES string of the molecule is O=C(c1cccnc1)N(Cc1ccco1)C1CCN(CCCc2ccccc2)CC1. The minimum Gasteiger partial charge on any atom is -0.467 e. The van der Waals surface area contributed by atoms with Gasteiger partial charge < -0.3 is 14.2 Å². The molecule has 30 heavy (non-hydrogen) atoms. The Morgan fingerprint density at radius 2 is 1.90 bits per heavy atom. The topological polar surface area (TPSA) is 49.6 Å². The molecule has 0 aliphatic carbocycles. The Morgan fingerprint density at radius 1 is 1.07 bits per heavy atom. The van der Waals surface area contributed by atoms with Gasteiger partial charge in [-0.05, 0) is 62.1 Å². The number of pyridine rings is 1. The third-order valence-corrected chi connectivity index (χ3v) is 5.86. The third-order valence-electron chi connectivity index (χ3n) is 5.86. The molecule has 1 aromatic carbocycles. The molecule has 5 heteroatoms. The van der Waals surface area contributed by atoms with E-state index in [9.17, 15) is 4.79 Å². The number of hydrogen-bond acceptors (Lipinski definition) is 4. The van der Waals surface area contributed by atoms with E-state index in [2.05, 4.69) is 40.2 Å². The van der Waals surface area contributed by atoms with E-state index in [-0.39, 0.29) is 11.9 Å². The second-order valence-corrected chi connectivity index (χ2v) is 7.92. The lowest BCUT2D eigenvalue weighted by molar-refractivity contribution is 0.0529. The van der Waals surface area contributed by atoms with Crippen LogP contribution in [0.2, 0.25) is 0 Å². The summed E-state index contributed by atoms with van der Waals surface area (Å²) >= 11 is 0. The molecular weight excluding hydrogens is 374 g/mol. The molecule has 3 heterocycles. The fourth-order valence-electron chi connectivity index (χ4n) is 4.20. The van der Waals surface area contributed by atoms with Crippen molar-refractivity contribution in [1.29, 1.82) is 0 Å². The highest BCUT2D eigenvalue weighted by atomic mass is 16.3. The van der Waals surface area contributed by atoms with Crippen LogP contribution in [-0.2, 0) is 13.0 Å². The van der Waals surface area contributed by atoms with Gasteiger partial charge in [-0.3, -0.25) is 9.78 Å². The number of hydrogen-bond donors (Lipinski definition) is 0. The molecule has 0 unspecified atom stereocenters. The van der Waals surface area contributed by atoms with Crippen LogP contribution in [0, 0.1) is 0 Å². The summed E-state index contributed by atoms with van der Waals surface area (Å²) in [5, 5.41) is 0. The van der Waals surface area contributed by atoms with Crippen LogP contribution in [0.25, 0.3) is 0 Å². The number of amides is 1. The zero-order valence-electron chi connectivity index (χ0n) is 17.3. The number of aryl methyl sites for hydroxylation is 1. The molecule has 1 aliphatic rings. The first-order valence-corrected chi connectivity index (χ1v) is 10.8. The lowest BCUT2D eigenvalue weighted by Crippen LogP contribution is -2.47. The zero-order valence-corrected chi connectivity index (χ0v) is 17.3. The molecule has 0 bridgehead atoms. The Labute approximate surface area is 178 Å². The van der Waals surface area contributed by atoms with Crippen LogP contribution in [0.5, 0.6) is 0 Å². The van der Waals surface area contributed by atoms with Crippen LogP contribution in [0.3, 0.4) is 0 Å². The van der Waals surface area contributed by atoms with Gasteiger partial charge in [-0.15, -0.1) is 0 Å². The monoisotopic (exact) mass is 403 g/mol. The first-order chi connectivity index (χ1) is 14.8. The number of furan rings is 1. The molecule has 0 atom stereocenters. The molecular formula is C25H29N3O2. The summed E-state index contributed by atoms with van der Waals surface area (Å²) in [6.45, 7) is 3.65. The first kappa shape index (κ1) is 20.4. The van der Waals surface area contributed by atoms with E-state index in [1.807, 2.05) is 29.2 Å². The van der Waals surface area contributed by atoms with Crippen molar-refractivity contribution in [3.63, 3.8) is 0 Å². The van der Waals surface area contributed by atoms with E-state index >= 15 is 0 Å². The van der Waals surface area contributed by atoms with Crippen molar-refractivity contribution >= 4 is 5.91 Å². The maximum Gasteiger partial charge on any atom is 0.256 e. The van der Waals surface area contributed by atoms with Crippen LogP contribution < -0.4 is 0 Å². The predicted molar refractivity (Wildman–Crippen MR) is 117 cm³/mol. The average Bonchev–Trinajstić information content (AvgIpc) is 3.32. The Morgan fingerprint density at radius 3 is 2.60 bits per heavy atom. The summed E-state index contributed by atoms with van der Waals surface area (Å²) < 4.78 is 5.54. The van der Waals surface area contributed by atoms with E-state index < -0.39 is 0 Å². The van der Waals surface area contributed by atoms with Crippen molar-refractivity contribution in [2.24, 2.45) is 0 Å². The molecule has 0 spiro atoms. The Hall–Kier alpha value is -2.92. The molecule has 1 saturated heterocycles. The van der Waals surface area contributed by atoms with E-state index in [4.69, 9.17) is 4.42 Å². The molecule has 1 aliphatic heterocycles. The van der Waals surface area contributed by atoms with Crippen molar-refractivity contribution < 1.29 is 9.21 Å². The summed E-state index contributed by atoms with van der Waals surface area (Å²) in [5.74, 6) is 0.847. The van der Waals surface area contributed by atoms with Crippen LogP contribution in [0.4, 0.5) is 0 Å². The molecule has 4 rings (SSSR count). The van der Waals surface area contributed by atoms with Gasteiger partial charge in [-0.2, -0.15) is 0 Å². The zero-order chi connectivity index (χ0) is 20.6. The van der Waals surface area contributed by atoms with Crippen molar-refractivity contribution in [2.45, 2.75) is 38.3 Å². The highest BCUT2D eigenvalue weighted by Crippen LogP contribution is 2.22. The fraction of sp³-hybridized carbons (Fsp3) is 0.360. The lowest BCUT2D eigenvalue weighted by Gasteiger charge is -2.38. The third kappa shape index (κ3) is 5.36. The number of likely N-dealkylation sites (tertiary alicyclic amines) is 1. The minimum absolute atomic E-state index is 0.0297. The lowest BCUT2D eigenvalue weighted by atomic mass is 10.0. The van der Waals surface area contributed by atoms with Gasteiger partial charge in [0.1, 0.15) is 5.76 Å².